The molecule has 2 N–H and O–H groups in total. The summed E-state index contributed by atoms with van der Waals surface area (Å²) in [5.41, 5.74) is 2.86. The summed E-state index contributed by atoms with van der Waals surface area (Å²) >= 11 is 4.52. The molecule has 1 aromatic carbocycles. The lowest BCUT2D eigenvalue weighted by molar-refractivity contribution is 0.0699. The minimum atomic E-state index is -1.03. The third-order valence-electron chi connectivity index (χ3n) is 3.48. The molecule has 118 valence electrons. The van der Waals surface area contributed by atoms with Crippen molar-refractivity contribution >= 4 is 44.5 Å². The Bertz CT molecular complexity index is 1070. The maximum absolute atomic E-state index is 11.5. The summed E-state index contributed by atoms with van der Waals surface area (Å²) in [4.78, 5) is 27.0. The van der Waals surface area contributed by atoms with Crippen molar-refractivity contribution in [2.24, 2.45) is 0 Å². The number of fused-ring (bicyclic) bond motifs is 1. The second-order valence-electron chi connectivity index (χ2n) is 4.90. The predicted octanol–water partition coefficient (Wildman–Crippen LogP) is 3.60. The van der Waals surface area contributed by atoms with Gasteiger partial charge < -0.3 is 10.1 Å². The first-order chi connectivity index (χ1) is 11.6. The molecule has 0 aliphatic heterocycles. The Kier molecular flexibility index (Phi) is 3.58. The fourth-order valence-electron chi connectivity index (χ4n) is 2.47. The molecule has 0 unspecified atom stereocenters. The van der Waals surface area contributed by atoms with Crippen molar-refractivity contribution in [3.8, 4) is 21.8 Å². The van der Waals surface area contributed by atoms with E-state index in [4.69, 9.17) is 0 Å². The minimum Gasteiger partial charge on any atom is -0.478 e. The van der Waals surface area contributed by atoms with Gasteiger partial charge >= 0.3 is 5.97 Å². The van der Waals surface area contributed by atoms with Crippen molar-refractivity contribution in [1.82, 2.24) is 24.3 Å². The van der Waals surface area contributed by atoms with E-state index in [1.807, 2.05) is 24.3 Å². The lowest BCUT2D eigenvalue weighted by atomic mass is 10.0. The number of hydrogen-bond acceptors (Lipinski definition) is 6. The molecular weight excluding hydrogens is 394 g/mol. The van der Waals surface area contributed by atoms with Gasteiger partial charge in [-0.05, 0) is 33.5 Å². The fraction of sp³-hybridized carbons (Fsp3) is 0. The Hall–Kier alpha value is -2.65. The van der Waals surface area contributed by atoms with E-state index in [2.05, 4.69) is 40.2 Å². The number of aromatic carboxylic acids is 1. The largest absolute Gasteiger partial charge is 0.478 e. The van der Waals surface area contributed by atoms with Crippen LogP contribution in [0.15, 0.2) is 41.5 Å². The first kappa shape index (κ1) is 14.9. The Labute approximate surface area is 147 Å². The number of hydrogen-bond donors (Lipinski definition) is 2. The molecule has 4 rings (SSSR count). The Balaban J connectivity index is 1.92. The van der Waals surface area contributed by atoms with Gasteiger partial charge in [-0.2, -0.15) is 4.37 Å². The number of aromatic amines is 1. The van der Waals surface area contributed by atoms with Crippen LogP contribution in [0.1, 0.15) is 10.4 Å². The lowest BCUT2D eigenvalue weighted by Gasteiger charge is -2.05. The Morgan fingerprint density at radius 1 is 1.25 bits per heavy atom. The van der Waals surface area contributed by atoms with Gasteiger partial charge in [-0.25, -0.2) is 19.7 Å². The van der Waals surface area contributed by atoms with E-state index < -0.39 is 5.97 Å². The van der Waals surface area contributed by atoms with Gasteiger partial charge in [-0.3, -0.25) is 0 Å². The Morgan fingerprint density at radius 2 is 2.08 bits per heavy atom. The SMILES string of the molecule is O=C(O)c1c[nH]c2ncnc(-c3cccc(-c4nc(Br)ns4)c3)c12. The van der Waals surface area contributed by atoms with Gasteiger partial charge in [0, 0.05) is 17.3 Å². The van der Waals surface area contributed by atoms with Crippen molar-refractivity contribution in [3.63, 3.8) is 0 Å². The summed E-state index contributed by atoms with van der Waals surface area (Å²) in [6.45, 7) is 0. The molecule has 0 atom stereocenters. The number of carboxylic acid groups (broad SMARTS) is 1. The molecule has 3 aromatic heterocycles. The fourth-order valence-corrected chi connectivity index (χ4v) is 3.55. The van der Waals surface area contributed by atoms with Crippen LogP contribution in [0.3, 0.4) is 0 Å². The molecule has 4 aromatic rings. The number of aromatic nitrogens is 5. The quantitative estimate of drug-likeness (QED) is 0.543. The summed E-state index contributed by atoms with van der Waals surface area (Å²) in [5, 5.41) is 10.6. The maximum Gasteiger partial charge on any atom is 0.338 e. The number of H-pyrrole nitrogens is 1. The molecular formula is C15H8BrN5O2S. The molecule has 0 aliphatic carbocycles. The molecule has 24 heavy (non-hydrogen) atoms. The summed E-state index contributed by atoms with van der Waals surface area (Å²) in [6, 6.07) is 7.58. The topological polar surface area (TPSA) is 105 Å². The van der Waals surface area contributed by atoms with E-state index >= 15 is 0 Å². The van der Waals surface area contributed by atoms with Crippen LogP contribution in [0.2, 0.25) is 0 Å². The van der Waals surface area contributed by atoms with Crippen molar-refractivity contribution in [2.75, 3.05) is 0 Å². The first-order valence-corrected chi connectivity index (χ1v) is 8.35. The zero-order chi connectivity index (χ0) is 16.7. The molecule has 0 amide bonds. The van der Waals surface area contributed by atoms with Gasteiger partial charge in [-0.1, -0.05) is 18.2 Å². The van der Waals surface area contributed by atoms with Crippen LogP contribution in [0.5, 0.6) is 0 Å². The van der Waals surface area contributed by atoms with E-state index in [0.29, 0.717) is 21.5 Å². The number of benzene rings is 1. The van der Waals surface area contributed by atoms with E-state index in [1.54, 1.807) is 0 Å². The minimum absolute atomic E-state index is 0.143. The number of halogens is 1. The van der Waals surface area contributed by atoms with Crippen LogP contribution in [0, 0.1) is 0 Å². The van der Waals surface area contributed by atoms with E-state index in [-0.39, 0.29) is 5.56 Å². The number of carboxylic acids is 1. The van der Waals surface area contributed by atoms with Gasteiger partial charge in [0.05, 0.1) is 16.6 Å². The highest BCUT2D eigenvalue weighted by atomic mass is 79.9. The van der Waals surface area contributed by atoms with Crippen LogP contribution in [0.4, 0.5) is 0 Å². The number of nitrogens with zero attached hydrogens (tertiary/aromatic N) is 4. The number of rotatable bonds is 3. The molecule has 3 heterocycles. The summed E-state index contributed by atoms with van der Waals surface area (Å²) < 4.78 is 4.65. The van der Waals surface area contributed by atoms with Gasteiger partial charge in [0.25, 0.3) is 0 Å². The van der Waals surface area contributed by atoms with Crippen molar-refractivity contribution in [2.45, 2.75) is 0 Å². The van der Waals surface area contributed by atoms with Gasteiger partial charge in [-0.15, -0.1) is 0 Å². The molecule has 7 nitrogen and oxygen atoms in total. The third kappa shape index (κ3) is 2.47. The summed E-state index contributed by atoms with van der Waals surface area (Å²) in [7, 11) is 0. The normalized spacial score (nSPS) is 11.0. The molecule has 0 saturated heterocycles. The highest BCUT2D eigenvalue weighted by molar-refractivity contribution is 9.10. The average Bonchev–Trinajstić information content (AvgIpc) is 3.21. The average molecular weight is 402 g/mol. The van der Waals surface area contributed by atoms with Gasteiger partial charge in [0.2, 0.25) is 4.73 Å². The van der Waals surface area contributed by atoms with Crippen molar-refractivity contribution in [1.29, 1.82) is 0 Å². The predicted molar refractivity (Wildman–Crippen MR) is 92.9 cm³/mol. The summed E-state index contributed by atoms with van der Waals surface area (Å²) in [6.07, 6.45) is 2.84. The molecule has 0 spiro atoms. The lowest BCUT2D eigenvalue weighted by Crippen LogP contribution is -1.97. The molecule has 0 fully saturated rings. The molecule has 0 aliphatic rings. The van der Waals surface area contributed by atoms with Crippen LogP contribution in [0.25, 0.3) is 32.9 Å². The van der Waals surface area contributed by atoms with Crippen molar-refractivity contribution < 1.29 is 9.90 Å². The summed E-state index contributed by atoms with van der Waals surface area (Å²) in [5.74, 6) is -1.03. The standard InChI is InChI=1S/C15H8BrN5O2S/c16-15-20-13(24-21-15)8-3-1-2-7(4-8)11-10-9(14(22)23)5-17-12(10)19-6-18-11/h1-6H,(H,22,23)(H,17,18,19). The highest BCUT2D eigenvalue weighted by Gasteiger charge is 2.17. The Morgan fingerprint density at radius 3 is 2.83 bits per heavy atom. The zero-order valence-electron chi connectivity index (χ0n) is 11.9. The molecule has 0 bridgehead atoms. The van der Waals surface area contributed by atoms with Crippen molar-refractivity contribution in [3.05, 3.63) is 47.1 Å². The molecule has 9 heteroatoms. The zero-order valence-corrected chi connectivity index (χ0v) is 14.3. The second kappa shape index (κ2) is 5.77. The van der Waals surface area contributed by atoms with Crippen LogP contribution in [-0.4, -0.2) is 35.4 Å². The maximum atomic E-state index is 11.5. The highest BCUT2D eigenvalue weighted by Crippen LogP contribution is 2.31. The smallest absolute Gasteiger partial charge is 0.338 e. The number of carbonyl (C=O) groups is 1. The molecule has 0 saturated carbocycles. The van der Waals surface area contributed by atoms with E-state index in [1.165, 1.54) is 24.1 Å². The van der Waals surface area contributed by atoms with E-state index in [0.717, 1.165) is 16.1 Å². The second-order valence-corrected chi connectivity index (χ2v) is 6.36. The first-order valence-electron chi connectivity index (χ1n) is 6.79. The van der Waals surface area contributed by atoms with Gasteiger partial charge in [0.15, 0.2) is 0 Å². The third-order valence-corrected chi connectivity index (χ3v) is 4.84. The monoisotopic (exact) mass is 401 g/mol. The van der Waals surface area contributed by atoms with Gasteiger partial charge in [0.1, 0.15) is 17.0 Å². The molecule has 0 radical (unpaired) electrons. The van der Waals surface area contributed by atoms with Crippen LogP contribution >= 0.6 is 27.5 Å². The van der Waals surface area contributed by atoms with Crippen LogP contribution in [-0.2, 0) is 0 Å². The van der Waals surface area contributed by atoms with Crippen LogP contribution < -0.4 is 0 Å². The van der Waals surface area contributed by atoms with E-state index in [9.17, 15) is 9.90 Å². The number of nitrogens with one attached hydrogen (secondary N) is 1.